The molecule has 0 atom stereocenters. The van der Waals surface area contributed by atoms with Crippen LogP contribution in [0.4, 0.5) is 5.82 Å². The van der Waals surface area contributed by atoms with E-state index in [0.717, 1.165) is 5.82 Å². The summed E-state index contributed by atoms with van der Waals surface area (Å²) in [5.41, 5.74) is 0.0893. The Morgan fingerprint density at radius 1 is 1.21 bits per heavy atom. The highest BCUT2D eigenvalue weighted by molar-refractivity contribution is 5.92. The molecule has 1 aromatic heterocycles. The van der Waals surface area contributed by atoms with Crippen LogP contribution in [0.2, 0.25) is 0 Å². The molecule has 1 aliphatic carbocycles. The van der Waals surface area contributed by atoms with Crippen LogP contribution in [0, 0.1) is 0 Å². The number of nitrogens with one attached hydrogen (secondary N) is 2. The van der Waals surface area contributed by atoms with Gasteiger partial charge in [-0.2, -0.15) is 0 Å². The molecule has 1 aliphatic rings. The van der Waals surface area contributed by atoms with Crippen molar-refractivity contribution in [3.63, 3.8) is 0 Å². The Kier molecular flexibility index (Phi) is 4.02. The molecule has 1 saturated carbocycles. The maximum absolute atomic E-state index is 11.9. The zero-order valence-electron chi connectivity index (χ0n) is 11.9. The highest BCUT2D eigenvalue weighted by Gasteiger charge is 2.18. The number of rotatable bonds is 3. The Morgan fingerprint density at radius 3 is 2.42 bits per heavy atom. The van der Waals surface area contributed by atoms with Gasteiger partial charge in [-0.3, -0.25) is 4.79 Å². The lowest BCUT2D eigenvalue weighted by Crippen LogP contribution is -2.41. The summed E-state index contributed by atoms with van der Waals surface area (Å²) in [5, 5.41) is 6.22. The van der Waals surface area contributed by atoms with E-state index in [1.54, 1.807) is 6.20 Å². The second kappa shape index (κ2) is 5.55. The minimum atomic E-state index is -0.264. The van der Waals surface area contributed by atoms with Gasteiger partial charge in [0.1, 0.15) is 11.5 Å². The van der Waals surface area contributed by atoms with Crippen molar-refractivity contribution < 1.29 is 4.79 Å². The molecule has 0 unspecified atom stereocenters. The Hall–Kier alpha value is -1.65. The summed E-state index contributed by atoms with van der Waals surface area (Å²) >= 11 is 0. The van der Waals surface area contributed by atoms with Gasteiger partial charge >= 0.3 is 0 Å². The Balaban J connectivity index is 1.95. The van der Waals surface area contributed by atoms with Gasteiger partial charge in [-0.05, 0) is 33.6 Å². The van der Waals surface area contributed by atoms with Crippen molar-refractivity contribution in [1.29, 1.82) is 0 Å². The second-order valence-electron chi connectivity index (χ2n) is 6.12. The molecule has 0 bridgehead atoms. The summed E-state index contributed by atoms with van der Waals surface area (Å²) in [6.45, 7) is 5.82. The summed E-state index contributed by atoms with van der Waals surface area (Å²) in [7, 11) is 0. The molecule has 104 valence electrons. The molecule has 19 heavy (non-hydrogen) atoms. The lowest BCUT2D eigenvalue weighted by atomic mass is 10.1. The highest BCUT2D eigenvalue weighted by Crippen LogP contribution is 2.20. The molecule has 1 amide bonds. The van der Waals surface area contributed by atoms with Crippen LogP contribution in [0.3, 0.4) is 0 Å². The molecule has 2 rings (SSSR count). The Bertz CT molecular complexity index is 430. The summed E-state index contributed by atoms with van der Waals surface area (Å²) in [6.07, 6.45) is 8.09. The van der Waals surface area contributed by atoms with E-state index in [-0.39, 0.29) is 11.4 Å². The first-order valence-electron chi connectivity index (χ1n) is 6.85. The minimum Gasteiger partial charge on any atom is -0.366 e. The third kappa shape index (κ3) is 4.19. The number of amides is 1. The van der Waals surface area contributed by atoms with Crippen molar-refractivity contribution in [2.75, 3.05) is 5.32 Å². The quantitative estimate of drug-likeness (QED) is 0.877. The van der Waals surface area contributed by atoms with Crippen LogP contribution in [-0.4, -0.2) is 27.5 Å². The second-order valence-corrected chi connectivity index (χ2v) is 6.12. The van der Waals surface area contributed by atoms with E-state index in [0.29, 0.717) is 11.7 Å². The predicted octanol–water partition coefficient (Wildman–Crippen LogP) is 2.36. The van der Waals surface area contributed by atoms with Gasteiger partial charge in [-0.1, -0.05) is 12.8 Å². The monoisotopic (exact) mass is 262 g/mol. The predicted molar refractivity (Wildman–Crippen MR) is 75.1 cm³/mol. The maximum atomic E-state index is 11.9. The van der Waals surface area contributed by atoms with Crippen molar-refractivity contribution in [3.05, 3.63) is 18.1 Å². The molecule has 0 spiro atoms. The number of carbonyl (C=O) groups excluding carboxylic acids is 1. The molecule has 0 aromatic carbocycles. The molecule has 0 aliphatic heterocycles. The Labute approximate surface area is 114 Å². The van der Waals surface area contributed by atoms with Gasteiger partial charge < -0.3 is 10.6 Å². The van der Waals surface area contributed by atoms with Crippen LogP contribution in [-0.2, 0) is 0 Å². The van der Waals surface area contributed by atoms with E-state index in [4.69, 9.17) is 0 Å². The molecular weight excluding hydrogens is 240 g/mol. The zero-order valence-corrected chi connectivity index (χ0v) is 11.9. The lowest BCUT2D eigenvalue weighted by molar-refractivity contribution is 0.0914. The minimum absolute atomic E-state index is 0.188. The van der Waals surface area contributed by atoms with E-state index in [1.165, 1.54) is 31.9 Å². The van der Waals surface area contributed by atoms with Crippen molar-refractivity contribution in [2.45, 2.75) is 58.0 Å². The van der Waals surface area contributed by atoms with Gasteiger partial charge in [0.25, 0.3) is 5.91 Å². The van der Waals surface area contributed by atoms with Gasteiger partial charge in [0.05, 0.1) is 12.4 Å². The number of hydrogen-bond acceptors (Lipinski definition) is 4. The van der Waals surface area contributed by atoms with Gasteiger partial charge in [-0.15, -0.1) is 0 Å². The van der Waals surface area contributed by atoms with E-state index in [2.05, 4.69) is 20.6 Å². The van der Waals surface area contributed by atoms with Crippen molar-refractivity contribution in [1.82, 2.24) is 15.3 Å². The van der Waals surface area contributed by atoms with Crippen LogP contribution >= 0.6 is 0 Å². The summed E-state index contributed by atoms with van der Waals surface area (Å²) in [6, 6.07) is 0.503. The molecule has 0 radical (unpaired) electrons. The molecule has 2 N–H and O–H groups in total. The molecular formula is C14H22N4O. The fourth-order valence-electron chi connectivity index (χ4n) is 2.20. The van der Waals surface area contributed by atoms with Crippen molar-refractivity contribution in [3.8, 4) is 0 Å². The number of anilines is 1. The SMILES string of the molecule is CC(C)(C)NC(=O)c1cnc(NC2CCCC2)cn1. The first-order chi connectivity index (χ1) is 8.94. The van der Waals surface area contributed by atoms with Crippen LogP contribution in [0.1, 0.15) is 56.9 Å². The molecule has 0 saturated heterocycles. The van der Waals surface area contributed by atoms with E-state index >= 15 is 0 Å². The van der Waals surface area contributed by atoms with E-state index in [9.17, 15) is 4.79 Å². The normalized spacial score (nSPS) is 16.4. The van der Waals surface area contributed by atoms with Gasteiger partial charge in [0.2, 0.25) is 0 Å². The average molecular weight is 262 g/mol. The first-order valence-corrected chi connectivity index (χ1v) is 6.85. The molecule has 5 heteroatoms. The van der Waals surface area contributed by atoms with Gasteiger partial charge in [0.15, 0.2) is 0 Å². The largest absolute Gasteiger partial charge is 0.366 e. The van der Waals surface area contributed by atoms with Crippen LogP contribution in [0.5, 0.6) is 0 Å². The Morgan fingerprint density at radius 2 is 1.89 bits per heavy atom. The number of carbonyl (C=O) groups is 1. The third-order valence-electron chi connectivity index (χ3n) is 3.08. The van der Waals surface area contributed by atoms with Crippen LogP contribution < -0.4 is 10.6 Å². The average Bonchev–Trinajstić information content (AvgIpc) is 2.80. The van der Waals surface area contributed by atoms with Gasteiger partial charge in [-0.25, -0.2) is 9.97 Å². The maximum Gasteiger partial charge on any atom is 0.271 e. The van der Waals surface area contributed by atoms with Crippen molar-refractivity contribution in [2.24, 2.45) is 0 Å². The fraction of sp³-hybridized carbons (Fsp3) is 0.643. The molecule has 1 heterocycles. The van der Waals surface area contributed by atoms with Crippen molar-refractivity contribution >= 4 is 11.7 Å². The number of nitrogens with zero attached hydrogens (tertiary/aromatic N) is 2. The standard InChI is InChI=1S/C14H22N4O/c1-14(2,3)18-13(19)11-8-16-12(9-15-11)17-10-6-4-5-7-10/h8-10H,4-7H2,1-3H3,(H,16,17)(H,18,19). The lowest BCUT2D eigenvalue weighted by Gasteiger charge is -2.20. The summed E-state index contributed by atoms with van der Waals surface area (Å²) in [4.78, 5) is 20.3. The van der Waals surface area contributed by atoms with E-state index < -0.39 is 0 Å². The third-order valence-corrected chi connectivity index (χ3v) is 3.08. The fourth-order valence-corrected chi connectivity index (χ4v) is 2.20. The first kappa shape index (κ1) is 13.8. The van der Waals surface area contributed by atoms with Crippen LogP contribution in [0.15, 0.2) is 12.4 Å². The number of hydrogen-bond donors (Lipinski definition) is 2. The molecule has 1 fully saturated rings. The summed E-state index contributed by atoms with van der Waals surface area (Å²) < 4.78 is 0. The van der Waals surface area contributed by atoms with Crippen LogP contribution in [0.25, 0.3) is 0 Å². The van der Waals surface area contributed by atoms with Gasteiger partial charge in [0, 0.05) is 11.6 Å². The summed E-state index contributed by atoms with van der Waals surface area (Å²) in [5.74, 6) is 0.562. The highest BCUT2D eigenvalue weighted by atomic mass is 16.2. The zero-order chi connectivity index (χ0) is 13.9. The molecule has 5 nitrogen and oxygen atoms in total. The molecule has 1 aromatic rings. The van der Waals surface area contributed by atoms with E-state index in [1.807, 2.05) is 20.8 Å². The smallest absolute Gasteiger partial charge is 0.271 e. The topological polar surface area (TPSA) is 66.9 Å². The number of aromatic nitrogens is 2.